The van der Waals surface area contributed by atoms with Gasteiger partial charge < -0.3 is 14.7 Å². The van der Waals surface area contributed by atoms with Crippen LogP contribution in [-0.4, -0.2) is 15.4 Å². The van der Waals surface area contributed by atoms with Gasteiger partial charge in [-0.25, -0.2) is 0 Å². The molecule has 100 valence electrons. The van der Waals surface area contributed by atoms with Crippen LogP contribution in [0.15, 0.2) is 53.1 Å². The molecule has 4 nitrogen and oxygen atoms in total. The minimum absolute atomic E-state index is 0.208. The second-order valence-electron chi connectivity index (χ2n) is 4.56. The molecule has 0 spiro atoms. The van der Waals surface area contributed by atoms with Crippen molar-refractivity contribution in [2.24, 2.45) is 0 Å². The molecule has 0 aliphatic carbocycles. The molecular weight excluding hydrogens is 254 g/mol. The highest BCUT2D eigenvalue weighted by molar-refractivity contribution is 5.82. The Bertz CT molecular complexity index is 727. The Morgan fingerprint density at radius 2 is 1.30 bits per heavy atom. The first-order chi connectivity index (χ1) is 9.65. The van der Waals surface area contributed by atoms with Crippen molar-refractivity contribution in [2.75, 3.05) is 0 Å². The third kappa shape index (κ3) is 2.12. The van der Waals surface area contributed by atoms with E-state index in [1.54, 1.807) is 36.4 Å². The van der Waals surface area contributed by atoms with E-state index in [2.05, 4.69) is 5.16 Å². The minimum atomic E-state index is 0.208. The van der Waals surface area contributed by atoms with E-state index in [0.29, 0.717) is 11.5 Å². The maximum absolute atomic E-state index is 9.37. The summed E-state index contributed by atoms with van der Waals surface area (Å²) in [5, 5.41) is 22.8. The highest BCUT2D eigenvalue weighted by Gasteiger charge is 2.16. The van der Waals surface area contributed by atoms with Gasteiger partial charge in [-0.05, 0) is 48.9 Å². The molecule has 2 aromatic carbocycles. The van der Waals surface area contributed by atoms with Gasteiger partial charge in [0, 0.05) is 5.56 Å². The lowest BCUT2D eigenvalue weighted by Gasteiger charge is -2.03. The number of hydrogen-bond donors (Lipinski definition) is 2. The van der Waals surface area contributed by atoms with Gasteiger partial charge in [-0.15, -0.1) is 0 Å². The molecule has 20 heavy (non-hydrogen) atoms. The fourth-order valence-electron chi connectivity index (χ4n) is 2.16. The third-order valence-corrected chi connectivity index (χ3v) is 3.16. The maximum atomic E-state index is 9.37. The summed E-state index contributed by atoms with van der Waals surface area (Å²) >= 11 is 0. The van der Waals surface area contributed by atoms with E-state index in [0.717, 1.165) is 16.7 Å². The monoisotopic (exact) mass is 267 g/mol. The second-order valence-corrected chi connectivity index (χ2v) is 4.56. The molecule has 0 saturated heterocycles. The van der Waals surface area contributed by atoms with Crippen molar-refractivity contribution in [2.45, 2.75) is 6.92 Å². The standard InChI is InChI=1S/C16H13NO3/c1-10-15(11-2-6-13(18)7-3-11)16(17-20-10)12-4-8-14(19)9-5-12/h2-9,18-19H,1H3. The largest absolute Gasteiger partial charge is 0.508 e. The Morgan fingerprint density at radius 3 is 1.85 bits per heavy atom. The molecule has 1 aromatic heterocycles. The molecule has 4 heteroatoms. The van der Waals surface area contributed by atoms with Crippen molar-refractivity contribution in [1.29, 1.82) is 0 Å². The summed E-state index contributed by atoms with van der Waals surface area (Å²) in [5.74, 6) is 1.13. The molecule has 1 heterocycles. The van der Waals surface area contributed by atoms with Crippen LogP contribution >= 0.6 is 0 Å². The lowest BCUT2D eigenvalue weighted by atomic mass is 9.99. The van der Waals surface area contributed by atoms with E-state index >= 15 is 0 Å². The molecule has 3 rings (SSSR count). The molecule has 3 aromatic rings. The van der Waals surface area contributed by atoms with Gasteiger partial charge in [0.2, 0.25) is 0 Å². The number of aromatic nitrogens is 1. The lowest BCUT2D eigenvalue weighted by molar-refractivity contribution is 0.400. The van der Waals surface area contributed by atoms with E-state index < -0.39 is 0 Å². The van der Waals surface area contributed by atoms with Crippen LogP contribution in [0.3, 0.4) is 0 Å². The third-order valence-electron chi connectivity index (χ3n) is 3.16. The molecular formula is C16H13NO3. The summed E-state index contributed by atoms with van der Waals surface area (Å²) < 4.78 is 5.29. The summed E-state index contributed by atoms with van der Waals surface area (Å²) in [6.45, 7) is 1.85. The van der Waals surface area contributed by atoms with Crippen LogP contribution in [0.1, 0.15) is 5.76 Å². The van der Waals surface area contributed by atoms with Gasteiger partial charge in [-0.1, -0.05) is 17.3 Å². The van der Waals surface area contributed by atoms with Crippen LogP contribution in [0.25, 0.3) is 22.4 Å². The first kappa shape index (κ1) is 12.3. The first-order valence-electron chi connectivity index (χ1n) is 6.20. The zero-order valence-corrected chi connectivity index (χ0v) is 10.9. The Balaban J connectivity index is 2.14. The molecule has 0 bridgehead atoms. The Morgan fingerprint density at radius 1 is 0.800 bits per heavy atom. The first-order valence-corrected chi connectivity index (χ1v) is 6.20. The fraction of sp³-hybridized carbons (Fsp3) is 0.0625. The average molecular weight is 267 g/mol. The molecule has 0 atom stereocenters. The fourth-order valence-corrected chi connectivity index (χ4v) is 2.16. The van der Waals surface area contributed by atoms with Crippen LogP contribution in [0.5, 0.6) is 11.5 Å². The molecule has 0 radical (unpaired) electrons. The average Bonchev–Trinajstić information content (AvgIpc) is 2.83. The van der Waals surface area contributed by atoms with Crippen LogP contribution in [0.4, 0.5) is 0 Å². The summed E-state index contributed by atoms with van der Waals surface area (Å²) in [6.07, 6.45) is 0. The zero-order chi connectivity index (χ0) is 14.1. The van der Waals surface area contributed by atoms with Crippen molar-refractivity contribution >= 4 is 0 Å². The number of phenols is 2. The zero-order valence-electron chi connectivity index (χ0n) is 10.9. The minimum Gasteiger partial charge on any atom is -0.508 e. The predicted octanol–water partition coefficient (Wildman–Crippen LogP) is 3.73. The van der Waals surface area contributed by atoms with Gasteiger partial charge >= 0.3 is 0 Å². The summed E-state index contributed by atoms with van der Waals surface area (Å²) in [5.41, 5.74) is 3.39. The van der Waals surface area contributed by atoms with Gasteiger partial charge in [-0.3, -0.25) is 0 Å². The molecule has 2 N–H and O–H groups in total. The predicted molar refractivity (Wildman–Crippen MR) is 75.4 cm³/mol. The van der Waals surface area contributed by atoms with Crippen molar-refractivity contribution in [3.8, 4) is 33.9 Å². The highest BCUT2D eigenvalue weighted by Crippen LogP contribution is 2.35. The normalized spacial score (nSPS) is 10.7. The maximum Gasteiger partial charge on any atom is 0.142 e. The van der Waals surface area contributed by atoms with Gasteiger partial charge in [0.15, 0.2) is 0 Å². The summed E-state index contributed by atoms with van der Waals surface area (Å²) in [6, 6.07) is 13.7. The number of rotatable bonds is 2. The van der Waals surface area contributed by atoms with Gasteiger partial charge in [0.05, 0.1) is 5.56 Å². The van der Waals surface area contributed by atoms with Crippen LogP contribution in [-0.2, 0) is 0 Å². The van der Waals surface area contributed by atoms with Crippen LogP contribution in [0.2, 0.25) is 0 Å². The van der Waals surface area contributed by atoms with E-state index in [-0.39, 0.29) is 11.5 Å². The Kier molecular flexibility index (Phi) is 2.91. The molecule has 0 aliphatic heterocycles. The van der Waals surface area contributed by atoms with Crippen molar-refractivity contribution in [3.63, 3.8) is 0 Å². The lowest BCUT2D eigenvalue weighted by Crippen LogP contribution is -1.84. The van der Waals surface area contributed by atoms with Gasteiger partial charge in [-0.2, -0.15) is 0 Å². The Labute approximate surface area is 115 Å². The van der Waals surface area contributed by atoms with Crippen LogP contribution in [0, 0.1) is 6.92 Å². The van der Waals surface area contributed by atoms with Crippen molar-refractivity contribution in [3.05, 3.63) is 54.3 Å². The van der Waals surface area contributed by atoms with Crippen molar-refractivity contribution in [1.82, 2.24) is 5.16 Å². The number of aromatic hydroxyl groups is 2. The summed E-state index contributed by atoms with van der Waals surface area (Å²) in [4.78, 5) is 0. The molecule has 0 aliphatic rings. The van der Waals surface area contributed by atoms with Gasteiger partial charge in [0.1, 0.15) is 23.0 Å². The molecule has 0 fully saturated rings. The molecule has 0 unspecified atom stereocenters. The van der Waals surface area contributed by atoms with E-state index in [4.69, 9.17) is 4.52 Å². The second kappa shape index (κ2) is 4.74. The number of hydrogen-bond acceptors (Lipinski definition) is 4. The Hall–Kier alpha value is -2.75. The molecule has 0 saturated carbocycles. The summed E-state index contributed by atoms with van der Waals surface area (Å²) in [7, 11) is 0. The number of aryl methyl sites for hydroxylation is 1. The SMILES string of the molecule is Cc1onc(-c2ccc(O)cc2)c1-c1ccc(O)cc1. The smallest absolute Gasteiger partial charge is 0.142 e. The van der Waals surface area contributed by atoms with Gasteiger partial charge in [0.25, 0.3) is 0 Å². The number of benzene rings is 2. The van der Waals surface area contributed by atoms with E-state index in [9.17, 15) is 10.2 Å². The van der Waals surface area contributed by atoms with Crippen molar-refractivity contribution < 1.29 is 14.7 Å². The number of phenolic OH excluding ortho intramolecular Hbond substituents is 2. The highest BCUT2D eigenvalue weighted by atomic mass is 16.5. The number of nitrogens with zero attached hydrogens (tertiary/aromatic N) is 1. The van der Waals surface area contributed by atoms with Crippen LogP contribution < -0.4 is 0 Å². The topological polar surface area (TPSA) is 66.5 Å². The van der Waals surface area contributed by atoms with E-state index in [1.807, 2.05) is 19.1 Å². The van der Waals surface area contributed by atoms with E-state index in [1.165, 1.54) is 0 Å². The quantitative estimate of drug-likeness (QED) is 0.742. The molecule has 0 amide bonds.